The fraction of sp³-hybridized carbons (Fsp3) is 0.333. The van der Waals surface area contributed by atoms with Crippen LogP contribution in [-0.4, -0.2) is 25.5 Å². The third kappa shape index (κ3) is 1.13. The molecule has 2 rings (SSSR count). The van der Waals surface area contributed by atoms with Crippen LogP contribution in [0.3, 0.4) is 0 Å². The van der Waals surface area contributed by atoms with Crippen LogP contribution in [0.25, 0.3) is 11.2 Å². The molecule has 0 radical (unpaired) electrons. The van der Waals surface area contributed by atoms with Gasteiger partial charge < -0.3 is 5.21 Å². The third-order valence-corrected chi connectivity index (χ3v) is 1.58. The quantitative estimate of drug-likeness (QED) is 0.382. The van der Waals surface area contributed by atoms with Crippen LogP contribution in [0.4, 0.5) is 0 Å². The van der Waals surface area contributed by atoms with Crippen LogP contribution in [0.5, 0.6) is 0 Å². The summed E-state index contributed by atoms with van der Waals surface area (Å²) >= 11 is 0. The van der Waals surface area contributed by atoms with Gasteiger partial charge in [0, 0.05) is 12.0 Å². The zero-order valence-electron chi connectivity index (χ0n) is 7.09. The van der Waals surface area contributed by atoms with Crippen LogP contribution < -0.4 is 4.85 Å². The Balaban J connectivity index is 2.94. The van der Waals surface area contributed by atoms with Crippen molar-refractivity contribution in [1.82, 2.24) is 25.5 Å². The predicted octanol–water partition coefficient (Wildman–Crippen LogP) is -0.935. The number of nitrogens with zero attached hydrogens (tertiary/aromatic N) is 6. The second kappa shape index (κ2) is 2.54. The number of aryl methyl sites for hydroxylation is 2. The first-order valence-electron chi connectivity index (χ1n) is 3.62. The van der Waals surface area contributed by atoms with E-state index in [1.54, 1.807) is 13.8 Å². The highest BCUT2D eigenvalue weighted by Crippen LogP contribution is 2.03. The van der Waals surface area contributed by atoms with Gasteiger partial charge in [0.15, 0.2) is 5.82 Å². The molecule has 0 aliphatic heterocycles. The monoisotopic (exact) mass is 178 g/mol. The van der Waals surface area contributed by atoms with Gasteiger partial charge in [-0.3, -0.25) is 0 Å². The van der Waals surface area contributed by atoms with E-state index >= 15 is 0 Å². The second-order valence-corrected chi connectivity index (χ2v) is 2.58. The minimum absolute atomic E-state index is 0.264. The first-order valence-corrected chi connectivity index (χ1v) is 3.62. The minimum Gasteiger partial charge on any atom is -0.594 e. The first-order chi connectivity index (χ1) is 6.18. The van der Waals surface area contributed by atoms with Gasteiger partial charge in [-0.05, 0) is 17.0 Å². The van der Waals surface area contributed by atoms with Gasteiger partial charge in [-0.1, -0.05) is 0 Å². The average molecular weight is 178 g/mol. The fourth-order valence-corrected chi connectivity index (χ4v) is 1.04. The lowest BCUT2D eigenvalue weighted by Gasteiger charge is -1.98. The number of rotatable bonds is 0. The van der Waals surface area contributed by atoms with E-state index in [-0.39, 0.29) is 11.2 Å². The highest BCUT2D eigenvalue weighted by molar-refractivity contribution is 5.66. The Morgan fingerprint density at radius 1 is 1.23 bits per heavy atom. The minimum atomic E-state index is 0.264. The largest absolute Gasteiger partial charge is 0.594 e. The van der Waals surface area contributed by atoms with Gasteiger partial charge >= 0.3 is 5.52 Å². The molecular formula is C6H6N6O. The third-order valence-electron chi connectivity index (χ3n) is 1.58. The smallest absolute Gasteiger partial charge is 0.314 e. The van der Waals surface area contributed by atoms with Gasteiger partial charge in [0.1, 0.15) is 5.69 Å². The van der Waals surface area contributed by atoms with E-state index in [1.807, 2.05) is 0 Å². The Bertz CT molecular complexity index is 470. The summed E-state index contributed by atoms with van der Waals surface area (Å²) in [7, 11) is 0. The van der Waals surface area contributed by atoms with Gasteiger partial charge in [0.25, 0.3) is 5.65 Å². The number of hydrogen-bond acceptors (Lipinski definition) is 6. The summed E-state index contributed by atoms with van der Waals surface area (Å²) in [6.07, 6.45) is 0. The van der Waals surface area contributed by atoms with Crippen molar-refractivity contribution >= 4 is 11.2 Å². The predicted molar refractivity (Wildman–Crippen MR) is 41.4 cm³/mol. The van der Waals surface area contributed by atoms with Gasteiger partial charge in [-0.15, -0.1) is 10.2 Å². The van der Waals surface area contributed by atoms with Crippen LogP contribution in [0, 0.1) is 19.1 Å². The molecular weight excluding hydrogens is 172 g/mol. The molecule has 2 aromatic heterocycles. The van der Waals surface area contributed by atoms with Crippen molar-refractivity contribution in [2.75, 3.05) is 0 Å². The van der Waals surface area contributed by atoms with E-state index in [2.05, 4.69) is 25.5 Å². The molecule has 0 fully saturated rings. The van der Waals surface area contributed by atoms with Crippen LogP contribution in [0.15, 0.2) is 0 Å². The van der Waals surface area contributed by atoms with Gasteiger partial charge in [0.2, 0.25) is 0 Å². The maximum Gasteiger partial charge on any atom is 0.314 e. The van der Waals surface area contributed by atoms with Gasteiger partial charge in [-0.2, -0.15) is 4.98 Å². The highest BCUT2D eigenvalue weighted by atomic mass is 16.5. The van der Waals surface area contributed by atoms with E-state index in [1.165, 1.54) is 0 Å². The van der Waals surface area contributed by atoms with Gasteiger partial charge in [-0.25, -0.2) is 0 Å². The van der Waals surface area contributed by atoms with Crippen molar-refractivity contribution in [1.29, 1.82) is 0 Å². The van der Waals surface area contributed by atoms with Crippen molar-refractivity contribution in [2.45, 2.75) is 13.8 Å². The lowest BCUT2D eigenvalue weighted by Crippen LogP contribution is -2.34. The maximum atomic E-state index is 11.3. The molecule has 0 N–H and O–H groups in total. The van der Waals surface area contributed by atoms with Crippen LogP contribution in [0.1, 0.15) is 11.5 Å². The fourth-order valence-electron chi connectivity index (χ4n) is 1.04. The molecule has 0 aliphatic rings. The Labute approximate surface area is 73.0 Å². The van der Waals surface area contributed by atoms with Gasteiger partial charge in [0.05, 0.1) is 0 Å². The zero-order valence-corrected chi connectivity index (χ0v) is 7.09. The molecule has 0 aromatic carbocycles. The number of aromatic nitrogens is 6. The zero-order chi connectivity index (χ0) is 9.42. The van der Waals surface area contributed by atoms with E-state index in [0.29, 0.717) is 16.4 Å². The molecule has 0 atom stereocenters. The standard InChI is InChI=1S/C6H6N6O/c1-3-5-6(9-11-8-3)7-4(2)10-12(5)13/h1-2H3. The van der Waals surface area contributed by atoms with Crippen LogP contribution in [0.2, 0.25) is 0 Å². The van der Waals surface area contributed by atoms with E-state index in [9.17, 15) is 5.21 Å². The molecule has 2 heterocycles. The lowest BCUT2D eigenvalue weighted by molar-refractivity contribution is -0.644. The molecule has 13 heavy (non-hydrogen) atoms. The number of fused-ring (bicyclic) bond motifs is 1. The number of hydrogen-bond donors (Lipinski definition) is 0. The molecule has 0 saturated heterocycles. The van der Waals surface area contributed by atoms with Crippen molar-refractivity contribution in [3.63, 3.8) is 0 Å². The molecule has 0 spiro atoms. The van der Waals surface area contributed by atoms with Crippen molar-refractivity contribution in [3.8, 4) is 0 Å². The molecule has 0 unspecified atom stereocenters. The summed E-state index contributed by atoms with van der Waals surface area (Å²) in [4.78, 5) is 4.42. The summed E-state index contributed by atoms with van der Waals surface area (Å²) in [5, 5.41) is 25.6. The van der Waals surface area contributed by atoms with Crippen molar-refractivity contribution in [2.24, 2.45) is 0 Å². The SMILES string of the molecule is Cc1nc2nnnc(C)c2[n+]([O-])n1. The van der Waals surface area contributed by atoms with Crippen molar-refractivity contribution < 1.29 is 4.85 Å². The lowest BCUT2D eigenvalue weighted by atomic mass is 10.4. The normalized spacial score (nSPS) is 10.6. The summed E-state index contributed by atoms with van der Waals surface area (Å²) in [6, 6.07) is 0. The topological polar surface area (TPSA) is 91.4 Å². The summed E-state index contributed by atoms with van der Waals surface area (Å²) in [5.74, 6) is 0.363. The summed E-state index contributed by atoms with van der Waals surface area (Å²) in [6.45, 7) is 3.27. The average Bonchev–Trinajstić information content (AvgIpc) is 2.02. The summed E-state index contributed by atoms with van der Waals surface area (Å²) < 4.78 is 0. The molecule has 7 nitrogen and oxygen atoms in total. The van der Waals surface area contributed by atoms with E-state index in [0.717, 1.165) is 0 Å². The Morgan fingerprint density at radius 3 is 2.77 bits per heavy atom. The molecule has 0 saturated carbocycles. The van der Waals surface area contributed by atoms with E-state index < -0.39 is 0 Å². The molecule has 2 aromatic rings. The Hall–Kier alpha value is -1.92. The Kier molecular flexibility index (Phi) is 1.51. The van der Waals surface area contributed by atoms with Crippen LogP contribution in [-0.2, 0) is 0 Å². The van der Waals surface area contributed by atoms with E-state index in [4.69, 9.17) is 0 Å². The Morgan fingerprint density at radius 2 is 2.00 bits per heavy atom. The highest BCUT2D eigenvalue weighted by Gasteiger charge is 2.13. The molecule has 66 valence electrons. The molecule has 0 amide bonds. The van der Waals surface area contributed by atoms with Crippen LogP contribution >= 0.6 is 0 Å². The summed E-state index contributed by atoms with van der Waals surface area (Å²) in [5.41, 5.74) is 1.01. The molecule has 0 bridgehead atoms. The maximum absolute atomic E-state index is 11.3. The molecule has 0 aliphatic carbocycles. The first kappa shape index (κ1) is 7.71. The molecule has 7 heteroatoms. The second-order valence-electron chi connectivity index (χ2n) is 2.58. The van der Waals surface area contributed by atoms with Crippen molar-refractivity contribution in [3.05, 3.63) is 16.7 Å².